The molecule has 1 aromatic heterocycles. The van der Waals surface area contributed by atoms with Crippen LogP contribution in [0.15, 0.2) is 60.9 Å². The second kappa shape index (κ2) is 10.5. The molecule has 1 aliphatic rings. The van der Waals surface area contributed by atoms with Gasteiger partial charge in [0.25, 0.3) is 0 Å². The Morgan fingerprint density at radius 2 is 1.78 bits per heavy atom. The topological polar surface area (TPSA) is 87.6 Å². The number of carbonyl (C=O) groups is 1. The van der Waals surface area contributed by atoms with Crippen LogP contribution in [0.2, 0.25) is 5.02 Å². The minimum Gasteiger partial charge on any atom is -0.489 e. The second-order valence-electron chi connectivity index (χ2n) is 7.65. The summed E-state index contributed by atoms with van der Waals surface area (Å²) in [7, 11) is 0. The third-order valence-electron chi connectivity index (χ3n) is 5.38. The largest absolute Gasteiger partial charge is 0.489 e. The zero-order chi connectivity index (χ0) is 22.3. The zero-order valence-electron chi connectivity index (χ0n) is 17.6. The molecule has 1 saturated heterocycles. The molecule has 0 aliphatic carbocycles. The highest BCUT2D eigenvalue weighted by atomic mass is 35.5. The lowest BCUT2D eigenvalue weighted by Gasteiger charge is -2.35. The minimum absolute atomic E-state index is 0.0611. The lowest BCUT2D eigenvalue weighted by atomic mass is 9.98. The number of aliphatic carboxylic acids is 1. The van der Waals surface area contributed by atoms with Crippen molar-refractivity contribution >= 4 is 17.6 Å². The van der Waals surface area contributed by atoms with Crippen LogP contribution in [0.25, 0.3) is 0 Å². The summed E-state index contributed by atoms with van der Waals surface area (Å²) in [4.78, 5) is 22.7. The molecule has 2 aromatic carbocycles. The van der Waals surface area contributed by atoms with Crippen LogP contribution in [0.1, 0.15) is 28.6 Å². The summed E-state index contributed by atoms with van der Waals surface area (Å²) in [6, 6.07) is 14.6. The van der Waals surface area contributed by atoms with E-state index in [1.807, 2.05) is 36.4 Å². The number of ether oxygens (including phenoxy) is 1. The van der Waals surface area contributed by atoms with Gasteiger partial charge in [-0.1, -0.05) is 29.8 Å². The maximum absolute atomic E-state index is 11.4. The second-order valence-corrected chi connectivity index (χ2v) is 8.09. The Bertz CT molecular complexity index is 1040. The highest BCUT2D eigenvalue weighted by Gasteiger charge is 2.29. The minimum atomic E-state index is -0.875. The van der Waals surface area contributed by atoms with Gasteiger partial charge < -0.3 is 15.2 Å². The van der Waals surface area contributed by atoms with E-state index < -0.39 is 5.97 Å². The summed E-state index contributed by atoms with van der Waals surface area (Å²) in [6.45, 7) is 3.73. The Balaban J connectivity index is 1.72. The Morgan fingerprint density at radius 1 is 1.09 bits per heavy atom. The highest BCUT2D eigenvalue weighted by molar-refractivity contribution is 6.30. The quantitative estimate of drug-likeness (QED) is 0.542. The Kier molecular flexibility index (Phi) is 7.32. The Morgan fingerprint density at radius 3 is 2.47 bits per heavy atom. The van der Waals surface area contributed by atoms with Gasteiger partial charge in [-0.15, -0.1) is 0 Å². The number of hydrogen-bond acceptors (Lipinski definition) is 6. The molecule has 32 heavy (non-hydrogen) atoms. The number of aromatic nitrogens is 2. The van der Waals surface area contributed by atoms with Crippen molar-refractivity contribution in [3.05, 3.63) is 88.5 Å². The van der Waals surface area contributed by atoms with E-state index in [0.29, 0.717) is 28.8 Å². The molecule has 0 saturated carbocycles. The third kappa shape index (κ3) is 5.62. The van der Waals surface area contributed by atoms with Gasteiger partial charge in [0, 0.05) is 49.2 Å². The Labute approximate surface area is 192 Å². The van der Waals surface area contributed by atoms with Crippen molar-refractivity contribution in [2.75, 3.05) is 26.2 Å². The molecule has 7 nitrogen and oxygen atoms in total. The van der Waals surface area contributed by atoms with Crippen LogP contribution in [-0.2, 0) is 17.8 Å². The van der Waals surface area contributed by atoms with Crippen LogP contribution in [0.5, 0.6) is 5.75 Å². The van der Waals surface area contributed by atoms with Gasteiger partial charge in [0.1, 0.15) is 18.2 Å². The number of rotatable bonds is 8. The monoisotopic (exact) mass is 452 g/mol. The fourth-order valence-corrected chi connectivity index (χ4v) is 3.99. The summed E-state index contributed by atoms with van der Waals surface area (Å²) in [6.07, 6.45) is 3.40. The summed E-state index contributed by atoms with van der Waals surface area (Å²) in [5, 5.41) is 13.4. The molecule has 2 heterocycles. The van der Waals surface area contributed by atoms with E-state index in [2.05, 4.69) is 20.2 Å². The van der Waals surface area contributed by atoms with E-state index in [-0.39, 0.29) is 12.5 Å². The first-order valence-electron chi connectivity index (χ1n) is 10.5. The molecular weight excluding hydrogens is 428 g/mol. The summed E-state index contributed by atoms with van der Waals surface area (Å²) in [5.74, 6) is 0.476. The number of nitrogens with zero attached hydrogens (tertiary/aromatic N) is 3. The van der Waals surface area contributed by atoms with E-state index >= 15 is 0 Å². The van der Waals surface area contributed by atoms with Crippen LogP contribution in [0.4, 0.5) is 0 Å². The maximum atomic E-state index is 11.4. The third-order valence-corrected chi connectivity index (χ3v) is 5.63. The predicted octanol–water partition coefficient (Wildman–Crippen LogP) is 3.33. The van der Waals surface area contributed by atoms with Crippen molar-refractivity contribution < 1.29 is 14.6 Å². The molecule has 0 radical (unpaired) electrons. The van der Waals surface area contributed by atoms with Gasteiger partial charge in [0.2, 0.25) is 0 Å². The van der Waals surface area contributed by atoms with E-state index in [4.69, 9.17) is 16.3 Å². The molecule has 2 N–H and O–H groups in total. The van der Waals surface area contributed by atoms with Crippen molar-refractivity contribution in [3.8, 4) is 5.75 Å². The number of halogens is 1. The van der Waals surface area contributed by atoms with E-state index in [1.54, 1.807) is 24.5 Å². The first kappa shape index (κ1) is 22.2. The van der Waals surface area contributed by atoms with Crippen molar-refractivity contribution in [1.29, 1.82) is 0 Å². The Hall–Kier alpha value is -3.00. The summed E-state index contributed by atoms with van der Waals surface area (Å²) < 4.78 is 6.23. The molecule has 1 aliphatic heterocycles. The molecule has 8 heteroatoms. The molecule has 166 valence electrons. The summed E-state index contributed by atoms with van der Waals surface area (Å²) >= 11 is 6.00. The van der Waals surface area contributed by atoms with Crippen LogP contribution in [0, 0.1) is 0 Å². The average Bonchev–Trinajstić information content (AvgIpc) is 2.81. The molecule has 0 spiro atoms. The average molecular weight is 453 g/mol. The van der Waals surface area contributed by atoms with Gasteiger partial charge in [-0.25, -0.2) is 9.97 Å². The number of nitrogens with one attached hydrogen (secondary N) is 1. The number of hydrogen-bond donors (Lipinski definition) is 2. The normalized spacial score (nSPS) is 15.3. The lowest BCUT2D eigenvalue weighted by Crippen LogP contribution is -2.45. The predicted molar refractivity (Wildman–Crippen MR) is 122 cm³/mol. The van der Waals surface area contributed by atoms with Gasteiger partial charge in [-0.05, 0) is 41.5 Å². The number of carboxylic acid groups (broad SMARTS) is 1. The molecule has 4 rings (SSSR count). The first-order chi connectivity index (χ1) is 15.6. The van der Waals surface area contributed by atoms with Crippen LogP contribution >= 0.6 is 11.6 Å². The van der Waals surface area contributed by atoms with Crippen LogP contribution < -0.4 is 10.1 Å². The van der Waals surface area contributed by atoms with Crippen LogP contribution in [-0.4, -0.2) is 52.1 Å². The van der Waals surface area contributed by atoms with Crippen molar-refractivity contribution in [2.24, 2.45) is 0 Å². The van der Waals surface area contributed by atoms with Gasteiger partial charge >= 0.3 is 5.97 Å². The standard InChI is InChI=1S/C24H25ClN4O3/c25-19-5-2-17(3-6-19)16-32-21-7-4-18(15-22(30)31)14-20(21)23(24-27-8-1-9-28-24)29-12-10-26-11-13-29/h1-9,14,23,26H,10-13,15-16H2,(H,30,31). The molecule has 1 unspecified atom stereocenters. The van der Waals surface area contributed by atoms with E-state index in [9.17, 15) is 9.90 Å². The number of carboxylic acids is 1. The van der Waals surface area contributed by atoms with Gasteiger partial charge in [-0.2, -0.15) is 0 Å². The zero-order valence-corrected chi connectivity index (χ0v) is 18.3. The lowest BCUT2D eigenvalue weighted by molar-refractivity contribution is -0.136. The molecule has 3 aromatic rings. The fraction of sp³-hybridized carbons (Fsp3) is 0.292. The number of piperazine rings is 1. The highest BCUT2D eigenvalue weighted by Crippen LogP contribution is 2.35. The maximum Gasteiger partial charge on any atom is 0.307 e. The smallest absolute Gasteiger partial charge is 0.307 e. The number of benzene rings is 2. The van der Waals surface area contributed by atoms with Crippen molar-refractivity contribution in [3.63, 3.8) is 0 Å². The molecule has 1 atom stereocenters. The summed E-state index contributed by atoms with van der Waals surface area (Å²) in [5.41, 5.74) is 2.57. The fourth-order valence-electron chi connectivity index (χ4n) is 3.86. The van der Waals surface area contributed by atoms with Crippen molar-refractivity contribution in [1.82, 2.24) is 20.2 Å². The van der Waals surface area contributed by atoms with Gasteiger partial charge in [0.15, 0.2) is 0 Å². The van der Waals surface area contributed by atoms with E-state index in [0.717, 1.165) is 37.3 Å². The first-order valence-corrected chi connectivity index (χ1v) is 10.9. The SMILES string of the molecule is O=C(O)Cc1ccc(OCc2ccc(Cl)cc2)c(C(c2ncccn2)N2CCNCC2)c1. The van der Waals surface area contributed by atoms with Crippen LogP contribution in [0.3, 0.4) is 0 Å². The molecule has 0 bridgehead atoms. The van der Waals surface area contributed by atoms with E-state index in [1.165, 1.54) is 0 Å². The molecule has 0 amide bonds. The van der Waals surface area contributed by atoms with Gasteiger partial charge in [0.05, 0.1) is 12.5 Å². The van der Waals surface area contributed by atoms with Crippen molar-refractivity contribution in [2.45, 2.75) is 19.1 Å². The molecular formula is C24H25ClN4O3. The van der Waals surface area contributed by atoms with Gasteiger partial charge in [-0.3, -0.25) is 9.69 Å². The molecule has 1 fully saturated rings.